The molecule has 2 heterocycles. The Hall–Kier alpha value is -4.18. The lowest BCUT2D eigenvalue weighted by Crippen LogP contribution is -2.37. The van der Waals surface area contributed by atoms with E-state index in [1.165, 1.54) is 16.8 Å². The predicted molar refractivity (Wildman–Crippen MR) is 149 cm³/mol. The largest absolute Gasteiger partial charge is 0.497 e. The minimum absolute atomic E-state index is 0.0970. The van der Waals surface area contributed by atoms with Crippen molar-refractivity contribution in [1.82, 2.24) is 9.55 Å². The highest BCUT2D eigenvalue weighted by Gasteiger charge is 2.45. The number of aromatic amines is 1. The molecule has 1 aromatic heterocycles. The molecular formula is C31H32N2O7. The average Bonchev–Trinajstić information content (AvgIpc) is 3.27. The van der Waals surface area contributed by atoms with E-state index >= 15 is 0 Å². The number of aliphatic hydroxyl groups excluding tert-OH is 1. The molecule has 1 fully saturated rings. The summed E-state index contributed by atoms with van der Waals surface area (Å²) >= 11 is 0. The van der Waals surface area contributed by atoms with Crippen LogP contribution in [0.15, 0.2) is 101 Å². The van der Waals surface area contributed by atoms with Crippen molar-refractivity contribution in [2.45, 2.75) is 31.0 Å². The number of methoxy groups -OCH3 is 2. The summed E-state index contributed by atoms with van der Waals surface area (Å²) in [4.78, 5) is 26.2. The van der Waals surface area contributed by atoms with Crippen LogP contribution in [0.1, 0.15) is 29.8 Å². The molecule has 4 aromatic rings. The van der Waals surface area contributed by atoms with Crippen molar-refractivity contribution in [1.29, 1.82) is 0 Å². The summed E-state index contributed by atoms with van der Waals surface area (Å²) in [5, 5.41) is 11.0. The SMILES string of the molecule is COc1ccc(C(OC[C@H]2O[C@@H](n3ccc(=O)[nH]c3=O)C(O)[C@H]2C)(c2ccccc2)c2ccc(OC)cc2)cc1. The summed E-state index contributed by atoms with van der Waals surface area (Å²) in [6.45, 7) is 1.94. The zero-order valence-electron chi connectivity index (χ0n) is 22.5. The lowest BCUT2D eigenvalue weighted by molar-refractivity contribution is -0.0900. The third kappa shape index (κ3) is 5.06. The average molecular weight is 545 g/mol. The van der Waals surface area contributed by atoms with Gasteiger partial charge >= 0.3 is 5.69 Å². The second-order valence-electron chi connectivity index (χ2n) is 9.75. The highest BCUT2D eigenvalue weighted by atomic mass is 16.6. The van der Waals surface area contributed by atoms with Crippen LogP contribution in [0.2, 0.25) is 0 Å². The molecule has 0 radical (unpaired) electrons. The van der Waals surface area contributed by atoms with Crippen molar-refractivity contribution >= 4 is 0 Å². The second-order valence-corrected chi connectivity index (χ2v) is 9.75. The molecule has 1 saturated heterocycles. The van der Waals surface area contributed by atoms with Crippen LogP contribution >= 0.6 is 0 Å². The molecule has 208 valence electrons. The zero-order valence-corrected chi connectivity index (χ0v) is 22.5. The van der Waals surface area contributed by atoms with E-state index in [1.807, 2.05) is 85.8 Å². The van der Waals surface area contributed by atoms with Crippen LogP contribution in [0, 0.1) is 5.92 Å². The number of hydrogen-bond donors (Lipinski definition) is 2. The van der Waals surface area contributed by atoms with Crippen LogP contribution in [-0.4, -0.2) is 47.7 Å². The van der Waals surface area contributed by atoms with E-state index in [4.69, 9.17) is 18.9 Å². The van der Waals surface area contributed by atoms with Crippen LogP contribution in [0.4, 0.5) is 0 Å². The quantitative estimate of drug-likeness (QED) is 0.311. The maximum atomic E-state index is 12.4. The molecule has 1 unspecified atom stereocenters. The van der Waals surface area contributed by atoms with E-state index in [0.29, 0.717) is 11.5 Å². The first-order valence-corrected chi connectivity index (χ1v) is 13.0. The van der Waals surface area contributed by atoms with E-state index in [0.717, 1.165) is 16.7 Å². The molecule has 2 N–H and O–H groups in total. The number of ether oxygens (including phenoxy) is 4. The van der Waals surface area contributed by atoms with Gasteiger partial charge in [-0.15, -0.1) is 0 Å². The van der Waals surface area contributed by atoms with Gasteiger partial charge in [0.15, 0.2) is 6.23 Å². The zero-order chi connectivity index (χ0) is 28.3. The number of nitrogens with zero attached hydrogens (tertiary/aromatic N) is 1. The van der Waals surface area contributed by atoms with Crippen molar-refractivity contribution < 1.29 is 24.1 Å². The number of benzene rings is 3. The van der Waals surface area contributed by atoms with E-state index < -0.39 is 35.3 Å². The van der Waals surface area contributed by atoms with Gasteiger partial charge in [-0.3, -0.25) is 14.3 Å². The molecule has 0 bridgehead atoms. The predicted octanol–water partition coefficient (Wildman–Crippen LogP) is 3.46. The van der Waals surface area contributed by atoms with Gasteiger partial charge in [-0.05, 0) is 41.0 Å². The molecule has 0 aliphatic carbocycles. The Morgan fingerprint density at radius 1 is 0.850 bits per heavy atom. The number of aliphatic hydroxyl groups is 1. The first kappa shape index (κ1) is 27.4. The summed E-state index contributed by atoms with van der Waals surface area (Å²) in [5.74, 6) is 1.06. The van der Waals surface area contributed by atoms with Gasteiger partial charge in [-0.2, -0.15) is 0 Å². The highest BCUT2D eigenvalue weighted by Crippen LogP contribution is 2.43. The minimum atomic E-state index is -1.05. The third-order valence-corrected chi connectivity index (χ3v) is 7.49. The van der Waals surface area contributed by atoms with Crippen molar-refractivity contribution in [3.05, 3.63) is 129 Å². The Balaban J connectivity index is 1.56. The number of hydrogen-bond acceptors (Lipinski definition) is 7. The molecule has 0 saturated carbocycles. The van der Waals surface area contributed by atoms with Crippen LogP contribution in [0.5, 0.6) is 11.5 Å². The van der Waals surface area contributed by atoms with E-state index in [9.17, 15) is 14.7 Å². The fraction of sp³-hybridized carbons (Fsp3) is 0.290. The van der Waals surface area contributed by atoms with Crippen LogP contribution in [0.25, 0.3) is 0 Å². The fourth-order valence-electron chi connectivity index (χ4n) is 5.19. The summed E-state index contributed by atoms with van der Waals surface area (Å²) in [6, 6.07) is 26.5. The monoisotopic (exact) mass is 544 g/mol. The van der Waals surface area contributed by atoms with Crippen molar-refractivity contribution in [3.8, 4) is 11.5 Å². The Morgan fingerprint density at radius 3 is 1.93 bits per heavy atom. The molecule has 1 aliphatic rings. The van der Waals surface area contributed by atoms with Gasteiger partial charge in [0.05, 0.1) is 26.9 Å². The Kier molecular flexibility index (Phi) is 7.88. The molecule has 40 heavy (non-hydrogen) atoms. The van der Waals surface area contributed by atoms with Crippen molar-refractivity contribution in [2.24, 2.45) is 5.92 Å². The number of aromatic nitrogens is 2. The lowest BCUT2D eigenvalue weighted by atomic mass is 9.80. The highest BCUT2D eigenvalue weighted by molar-refractivity contribution is 5.49. The molecule has 3 aromatic carbocycles. The Morgan fingerprint density at radius 2 is 1.40 bits per heavy atom. The molecule has 0 amide bonds. The third-order valence-electron chi connectivity index (χ3n) is 7.49. The standard InChI is InChI=1S/C31H32N2O7/c1-20-26(40-29(28(20)35)33-18-17-27(34)32-30(33)36)19-39-31(21-7-5-4-6-8-21,22-9-13-24(37-2)14-10-22)23-11-15-25(38-3)16-12-23/h4-18,20,26,28-29,35H,19H2,1-3H3,(H,32,34,36)/t20-,26+,28?,29+/m0/s1. The normalized spacial score (nSPS) is 20.8. The molecule has 9 heteroatoms. The first-order chi connectivity index (χ1) is 19.4. The topological polar surface area (TPSA) is 112 Å². The summed E-state index contributed by atoms with van der Waals surface area (Å²) in [7, 11) is 3.24. The molecule has 9 nitrogen and oxygen atoms in total. The van der Waals surface area contributed by atoms with E-state index in [2.05, 4.69) is 4.98 Å². The maximum absolute atomic E-state index is 12.4. The Bertz CT molecular complexity index is 1480. The van der Waals surface area contributed by atoms with E-state index in [1.54, 1.807) is 14.2 Å². The number of nitrogens with one attached hydrogen (secondary N) is 1. The molecule has 0 spiro atoms. The number of rotatable bonds is 9. The van der Waals surface area contributed by atoms with Gasteiger partial charge in [-0.25, -0.2) is 4.79 Å². The summed E-state index contributed by atoms with van der Waals surface area (Å²) in [5.41, 5.74) is 0.396. The van der Waals surface area contributed by atoms with Gasteiger partial charge in [-0.1, -0.05) is 61.5 Å². The summed E-state index contributed by atoms with van der Waals surface area (Å²) in [6.07, 6.45) is -1.20. The van der Waals surface area contributed by atoms with Crippen molar-refractivity contribution in [3.63, 3.8) is 0 Å². The van der Waals surface area contributed by atoms with Gasteiger partial charge in [0, 0.05) is 18.2 Å². The van der Waals surface area contributed by atoms with Crippen LogP contribution < -0.4 is 20.7 Å². The molecular weight excluding hydrogens is 512 g/mol. The van der Waals surface area contributed by atoms with Crippen molar-refractivity contribution in [2.75, 3.05) is 20.8 Å². The number of H-pyrrole nitrogens is 1. The van der Waals surface area contributed by atoms with Crippen LogP contribution in [0.3, 0.4) is 0 Å². The van der Waals surface area contributed by atoms with Crippen LogP contribution in [-0.2, 0) is 15.1 Å². The van der Waals surface area contributed by atoms with E-state index in [-0.39, 0.29) is 12.5 Å². The van der Waals surface area contributed by atoms with Gasteiger partial charge in [0.25, 0.3) is 5.56 Å². The maximum Gasteiger partial charge on any atom is 0.330 e. The minimum Gasteiger partial charge on any atom is -0.497 e. The summed E-state index contributed by atoms with van der Waals surface area (Å²) < 4.78 is 25.1. The van der Waals surface area contributed by atoms with Gasteiger partial charge < -0.3 is 24.1 Å². The lowest BCUT2D eigenvalue weighted by Gasteiger charge is -2.37. The first-order valence-electron chi connectivity index (χ1n) is 13.0. The fourth-order valence-corrected chi connectivity index (χ4v) is 5.19. The second kappa shape index (κ2) is 11.5. The van der Waals surface area contributed by atoms with Gasteiger partial charge in [0.1, 0.15) is 23.2 Å². The molecule has 4 atom stereocenters. The Labute approximate surface area is 231 Å². The smallest absolute Gasteiger partial charge is 0.330 e. The van der Waals surface area contributed by atoms with Gasteiger partial charge in [0.2, 0.25) is 0 Å². The molecule has 5 rings (SSSR count). The molecule has 1 aliphatic heterocycles.